The maximum absolute atomic E-state index is 10.1. The van der Waals surface area contributed by atoms with Gasteiger partial charge < -0.3 is 15.2 Å². The third-order valence-corrected chi connectivity index (χ3v) is 4.41. The summed E-state index contributed by atoms with van der Waals surface area (Å²) in [6, 6.07) is 14.1. The van der Waals surface area contributed by atoms with Crippen LogP contribution in [0.2, 0.25) is 5.02 Å². The van der Waals surface area contributed by atoms with Gasteiger partial charge in [-0.2, -0.15) is 0 Å². The Labute approximate surface area is 143 Å². The van der Waals surface area contributed by atoms with E-state index in [1.165, 1.54) is 5.56 Å². The van der Waals surface area contributed by atoms with Gasteiger partial charge in [-0.15, -0.1) is 0 Å². The lowest BCUT2D eigenvalue weighted by atomic mass is 10.1. The van der Waals surface area contributed by atoms with Crippen LogP contribution >= 0.6 is 11.6 Å². The molecule has 23 heavy (non-hydrogen) atoms. The van der Waals surface area contributed by atoms with Crippen LogP contribution < -0.4 is 10.1 Å². The Kier molecular flexibility index (Phi) is 6.46. The van der Waals surface area contributed by atoms with Gasteiger partial charge in [0.1, 0.15) is 18.5 Å². The maximum Gasteiger partial charge on any atom is 0.120 e. The average Bonchev–Trinajstić information content (AvgIpc) is 2.56. The van der Waals surface area contributed by atoms with Crippen molar-refractivity contribution in [3.63, 3.8) is 0 Å². The molecule has 0 saturated carbocycles. The Morgan fingerprint density at radius 1 is 1.13 bits per heavy atom. The molecular weight excluding hydrogens is 310 g/mol. The highest BCUT2D eigenvalue weighted by atomic mass is 35.5. The lowest BCUT2D eigenvalue weighted by molar-refractivity contribution is 0.104. The van der Waals surface area contributed by atoms with E-state index in [1.807, 2.05) is 44.2 Å². The lowest BCUT2D eigenvalue weighted by Gasteiger charge is -2.18. The van der Waals surface area contributed by atoms with Crippen LogP contribution in [0.3, 0.4) is 0 Å². The smallest absolute Gasteiger partial charge is 0.120 e. The first kappa shape index (κ1) is 17.8. The van der Waals surface area contributed by atoms with Crippen LogP contribution in [0.5, 0.6) is 5.75 Å². The van der Waals surface area contributed by atoms with Gasteiger partial charge in [-0.3, -0.25) is 0 Å². The Morgan fingerprint density at radius 3 is 2.35 bits per heavy atom. The zero-order valence-electron chi connectivity index (χ0n) is 13.8. The molecule has 0 aliphatic heterocycles. The number of benzene rings is 2. The molecule has 124 valence electrons. The summed E-state index contributed by atoms with van der Waals surface area (Å²) in [5, 5.41) is 14.2. The fourth-order valence-electron chi connectivity index (χ4n) is 2.41. The van der Waals surface area contributed by atoms with Gasteiger partial charge in [0.05, 0.1) is 0 Å². The zero-order valence-corrected chi connectivity index (χ0v) is 14.6. The first-order valence-corrected chi connectivity index (χ1v) is 8.21. The van der Waals surface area contributed by atoms with Gasteiger partial charge in [0, 0.05) is 17.6 Å². The van der Waals surface area contributed by atoms with Gasteiger partial charge in [-0.1, -0.05) is 41.9 Å². The second-order valence-electron chi connectivity index (χ2n) is 5.88. The molecule has 0 aromatic heterocycles. The van der Waals surface area contributed by atoms with Gasteiger partial charge in [0.2, 0.25) is 0 Å². The normalized spacial score (nSPS) is 13.6. The molecule has 0 bridgehead atoms. The standard InChI is InChI=1S/C19H24ClNO2/c1-13-9-18(10-14(2)19(13)20)23-12-17(22)11-21-15(3)16-7-5-4-6-8-16/h4-10,15,17,21-22H,11-12H2,1-3H3/t15-,17-/m1/s1. The van der Waals surface area contributed by atoms with E-state index >= 15 is 0 Å². The number of ether oxygens (including phenoxy) is 1. The van der Waals surface area contributed by atoms with E-state index < -0.39 is 6.10 Å². The quantitative estimate of drug-likeness (QED) is 0.803. The second-order valence-corrected chi connectivity index (χ2v) is 6.25. The SMILES string of the molecule is Cc1cc(OC[C@H](O)CN[C@H](C)c2ccccc2)cc(C)c1Cl. The highest BCUT2D eigenvalue weighted by Crippen LogP contribution is 2.25. The Balaban J connectivity index is 1.80. The number of hydrogen-bond acceptors (Lipinski definition) is 3. The number of aryl methyl sites for hydroxylation is 2. The van der Waals surface area contributed by atoms with Crippen molar-refractivity contribution < 1.29 is 9.84 Å². The molecule has 0 heterocycles. The minimum atomic E-state index is -0.572. The van der Waals surface area contributed by atoms with Crippen molar-refractivity contribution in [2.24, 2.45) is 0 Å². The number of aliphatic hydroxyl groups is 1. The van der Waals surface area contributed by atoms with Crippen molar-refractivity contribution in [3.8, 4) is 5.75 Å². The zero-order chi connectivity index (χ0) is 16.8. The number of aliphatic hydroxyl groups excluding tert-OH is 1. The molecule has 2 rings (SSSR count). The predicted molar refractivity (Wildman–Crippen MR) is 95.3 cm³/mol. The van der Waals surface area contributed by atoms with Crippen LogP contribution in [-0.2, 0) is 0 Å². The van der Waals surface area contributed by atoms with E-state index in [2.05, 4.69) is 24.4 Å². The minimum absolute atomic E-state index is 0.186. The Hall–Kier alpha value is -1.55. The van der Waals surface area contributed by atoms with Crippen molar-refractivity contribution >= 4 is 11.6 Å². The fourth-order valence-corrected chi connectivity index (χ4v) is 2.52. The highest BCUT2D eigenvalue weighted by molar-refractivity contribution is 6.32. The molecule has 0 amide bonds. The fraction of sp³-hybridized carbons (Fsp3) is 0.368. The Morgan fingerprint density at radius 2 is 1.74 bits per heavy atom. The van der Waals surface area contributed by atoms with E-state index in [0.717, 1.165) is 21.9 Å². The number of rotatable bonds is 7. The molecular formula is C19H24ClNO2. The molecule has 2 aromatic carbocycles. The maximum atomic E-state index is 10.1. The summed E-state index contributed by atoms with van der Waals surface area (Å²) >= 11 is 6.14. The van der Waals surface area contributed by atoms with Crippen LogP contribution in [0.25, 0.3) is 0 Å². The van der Waals surface area contributed by atoms with Crippen molar-refractivity contribution in [1.82, 2.24) is 5.32 Å². The summed E-state index contributed by atoms with van der Waals surface area (Å²) in [5.74, 6) is 0.736. The van der Waals surface area contributed by atoms with Gasteiger partial charge in [0.25, 0.3) is 0 Å². The molecule has 0 saturated heterocycles. The van der Waals surface area contributed by atoms with Crippen LogP contribution in [0.4, 0.5) is 0 Å². The summed E-state index contributed by atoms with van der Waals surface area (Å²) in [5.41, 5.74) is 3.16. The van der Waals surface area contributed by atoms with Crippen molar-refractivity contribution in [2.75, 3.05) is 13.2 Å². The van der Waals surface area contributed by atoms with Crippen LogP contribution in [-0.4, -0.2) is 24.4 Å². The van der Waals surface area contributed by atoms with Gasteiger partial charge >= 0.3 is 0 Å². The van der Waals surface area contributed by atoms with Gasteiger partial charge in [0.15, 0.2) is 0 Å². The van der Waals surface area contributed by atoms with Crippen LogP contribution in [0.1, 0.15) is 29.7 Å². The number of nitrogens with one attached hydrogen (secondary N) is 1. The van der Waals surface area contributed by atoms with Gasteiger partial charge in [-0.25, -0.2) is 0 Å². The number of halogens is 1. The van der Waals surface area contributed by atoms with E-state index in [1.54, 1.807) is 0 Å². The molecule has 3 nitrogen and oxygen atoms in total. The third kappa shape index (κ3) is 5.24. The summed E-state index contributed by atoms with van der Waals surface area (Å²) in [7, 11) is 0. The molecule has 0 radical (unpaired) electrons. The molecule has 2 aromatic rings. The van der Waals surface area contributed by atoms with E-state index in [0.29, 0.717) is 6.54 Å². The molecule has 4 heteroatoms. The van der Waals surface area contributed by atoms with Crippen LogP contribution in [0, 0.1) is 13.8 Å². The molecule has 0 unspecified atom stereocenters. The first-order valence-electron chi connectivity index (χ1n) is 7.83. The predicted octanol–water partition coefficient (Wildman–Crippen LogP) is 4.05. The van der Waals surface area contributed by atoms with E-state index in [-0.39, 0.29) is 12.6 Å². The minimum Gasteiger partial charge on any atom is -0.491 e. The Bertz CT molecular complexity index is 608. The molecule has 0 aliphatic rings. The summed E-state index contributed by atoms with van der Waals surface area (Å²) < 4.78 is 5.67. The average molecular weight is 334 g/mol. The van der Waals surface area contributed by atoms with E-state index in [9.17, 15) is 5.11 Å². The largest absolute Gasteiger partial charge is 0.491 e. The lowest BCUT2D eigenvalue weighted by Crippen LogP contribution is -2.33. The first-order chi connectivity index (χ1) is 11.0. The second kappa shape index (κ2) is 8.34. The summed E-state index contributed by atoms with van der Waals surface area (Å²) in [6.07, 6.45) is -0.572. The monoisotopic (exact) mass is 333 g/mol. The summed E-state index contributed by atoms with van der Waals surface area (Å²) in [6.45, 7) is 6.69. The van der Waals surface area contributed by atoms with Crippen molar-refractivity contribution in [1.29, 1.82) is 0 Å². The molecule has 0 spiro atoms. The molecule has 2 N–H and O–H groups in total. The highest BCUT2D eigenvalue weighted by Gasteiger charge is 2.10. The van der Waals surface area contributed by atoms with Crippen molar-refractivity contribution in [3.05, 3.63) is 64.2 Å². The van der Waals surface area contributed by atoms with E-state index in [4.69, 9.17) is 16.3 Å². The topological polar surface area (TPSA) is 41.5 Å². The van der Waals surface area contributed by atoms with Crippen molar-refractivity contribution in [2.45, 2.75) is 32.9 Å². The third-order valence-electron chi connectivity index (χ3n) is 3.81. The van der Waals surface area contributed by atoms with Gasteiger partial charge in [-0.05, 0) is 49.6 Å². The van der Waals surface area contributed by atoms with Crippen LogP contribution in [0.15, 0.2) is 42.5 Å². The molecule has 2 atom stereocenters. The molecule has 0 fully saturated rings. The summed E-state index contributed by atoms with van der Waals surface area (Å²) in [4.78, 5) is 0. The molecule has 0 aliphatic carbocycles. The number of hydrogen-bond donors (Lipinski definition) is 2.